The molecule has 2 aromatic carbocycles. The van der Waals surface area contributed by atoms with Gasteiger partial charge in [-0.25, -0.2) is 0 Å². The van der Waals surface area contributed by atoms with Crippen LogP contribution in [0.15, 0.2) is 48.5 Å². The summed E-state index contributed by atoms with van der Waals surface area (Å²) in [4.78, 5) is 17.3. The highest BCUT2D eigenvalue weighted by molar-refractivity contribution is 5.94. The van der Waals surface area contributed by atoms with E-state index in [0.29, 0.717) is 0 Å². The molecule has 1 N–H and O–H groups in total. The van der Waals surface area contributed by atoms with E-state index in [4.69, 9.17) is 0 Å². The molecule has 0 aromatic heterocycles. The number of aryl methyl sites for hydroxylation is 2. The summed E-state index contributed by atoms with van der Waals surface area (Å²) in [6.07, 6.45) is 0. The van der Waals surface area contributed by atoms with Crippen molar-refractivity contribution in [2.45, 2.75) is 33.4 Å². The van der Waals surface area contributed by atoms with Crippen molar-refractivity contribution in [2.75, 3.05) is 31.5 Å². The van der Waals surface area contributed by atoms with E-state index in [0.717, 1.165) is 44.0 Å². The Morgan fingerprint density at radius 3 is 2.46 bits per heavy atom. The Hall–Kier alpha value is -2.17. The normalized spacial score (nSPS) is 17.0. The number of hydrogen-bond acceptors (Lipinski definition) is 3. The summed E-state index contributed by atoms with van der Waals surface area (Å²) >= 11 is 0. The number of benzene rings is 2. The van der Waals surface area contributed by atoms with Gasteiger partial charge in [0.05, 0.1) is 6.04 Å². The van der Waals surface area contributed by atoms with Crippen molar-refractivity contribution in [1.82, 2.24) is 9.80 Å². The fourth-order valence-electron chi connectivity index (χ4n) is 3.47. The molecule has 26 heavy (non-hydrogen) atoms. The van der Waals surface area contributed by atoms with Crippen LogP contribution < -0.4 is 5.32 Å². The fraction of sp³-hybridized carbons (Fsp3) is 0.409. The third-order valence-electron chi connectivity index (χ3n) is 5.27. The Morgan fingerprint density at radius 1 is 1.04 bits per heavy atom. The van der Waals surface area contributed by atoms with Gasteiger partial charge in [-0.05, 0) is 49.6 Å². The molecule has 0 unspecified atom stereocenters. The van der Waals surface area contributed by atoms with Gasteiger partial charge in [0.2, 0.25) is 5.91 Å². The summed E-state index contributed by atoms with van der Waals surface area (Å²) in [5.41, 5.74) is 4.77. The minimum absolute atomic E-state index is 0.0722. The zero-order chi connectivity index (χ0) is 18.5. The fourth-order valence-corrected chi connectivity index (χ4v) is 3.47. The van der Waals surface area contributed by atoms with Gasteiger partial charge in [0.25, 0.3) is 0 Å². The maximum absolute atomic E-state index is 12.6. The van der Waals surface area contributed by atoms with E-state index in [1.54, 1.807) is 0 Å². The largest absolute Gasteiger partial charge is 0.325 e. The number of amides is 1. The molecule has 2 aromatic rings. The predicted molar refractivity (Wildman–Crippen MR) is 107 cm³/mol. The molecule has 0 radical (unpaired) electrons. The summed E-state index contributed by atoms with van der Waals surface area (Å²) in [6, 6.07) is 16.4. The van der Waals surface area contributed by atoms with Gasteiger partial charge in [-0.15, -0.1) is 0 Å². The molecule has 1 heterocycles. The first-order valence-corrected chi connectivity index (χ1v) is 9.41. The molecule has 1 amide bonds. The lowest BCUT2D eigenvalue weighted by Gasteiger charge is -2.37. The van der Waals surface area contributed by atoms with Crippen LogP contribution in [-0.4, -0.2) is 47.9 Å². The average Bonchev–Trinajstić information content (AvgIpc) is 2.64. The molecular weight excluding hydrogens is 322 g/mol. The molecule has 0 saturated carbocycles. The third-order valence-corrected chi connectivity index (χ3v) is 5.27. The van der Waals surface area contributed by atoms with Crippen LogP contribution in [0.1, 0.15) is 23.6 Å². The van der Waals surface area contributed by atoms with Crippen LogP contribution in [0.2, 0.25) is 0 Å². The van der Waals surface area contributed by atoms with Crippen molar-refractivity contribution < 1.29 is 4.79 Å². The molecule has 4 nitrogen and oxygen atoms in total. The molecule has 0 bridgehead atoms. The van der Waals surface area contributed by atoms with E-state index in [1.165, 1.54) is 11.1 Å². The first kappa shape index (κ1) is 18.6. The van der Waals surface area contributed by atoms with Crippen LogP contribution in [0, 0.1) is 13.8 Å². The monoisotopic (exact) mass is 351 g/mol. The van der Waals surface area contributed by atoms with Crippen molar-refractivity contribution in [3.05, 3.63) is 65.2 Å². The van der Waals surface area contributed by atoms with Gasteiger partial charge in [-0.2, -0.15) is 0 Å². The number of rotatable bonds is 5. The summed E-state index contributed by atoms with van der Waals surface area (Å²) < 4.78 is 0. The highest BCUT2D eigenvalue weighted by atomic mass is 16.2. The molecule has 3 rings (SSSR count). The van der Waals surface area contributed by atoms with Gasteiger partial charge in [-0.1, -0.05) is 36.4 Å². The Labute approximate surface area is 156 Å². The Morgan fingerprint density at radius 2 is 1.77 bits per heavy atom. The molecule has 1 atom stereocenters. The first-order chi connectivity index (χ1) is 12.5. The van der Waals surface area contributed by atoms with E-state index in [-0.39, 0.29) is 11.9 Å². The highest BCUT2D eigenvalue weighted by Gasteiger charge is 2.25. The second-order valence-electron chi connectivity index (χ2n) is 7.27. The third kappa shape index (κ3) is 4.71. The zero-order valence-corrected chi connectivity index (χ0v) is 16.0. The van der Waals surface area contributed by atoms with Crippen molar-refractivity contribution in [3.8, 4) is 0 Å². The van der Waals surface area contributed by atoms with Gasteiger partial charge < -0.3 is 5.32 Å². The van der Waals surface area contributed by atoms with Crippen molar-refractivity contribution in [2.24, 2.45) is 0 Å². The predicted octanol–water partition coefficient (Wildman–Crippen LogP) is 3.45. The van der Waals surface area contributed by atoms with Crippen LogP contribution >= 0.6 is 0 Å². The topological polar surface area (TPSA) is 35.6 Å². The maximum atomic E-state index is 12.6. The second-order valence-corrected chi connectivity index (χ2v) is 7.27. The van der Waals surface area contributed by atoms with E-state index in [2.05, 4.69) is 46.3 Å². The Kier molecular flexibility index (Phi) is 6.07. The van der Waals surface area contributed by atoms with Crippen molar-refractivity contribution >= 4 is 11.6 Å². The maximum Gasteiger partial charge on any atom is 0.241 e. The molecule has 1 fully saturated rings. The standard InChI is InChI=1S/C22H29N3O/c1-17-7-6-10-21(15-17)23-22(26)19(3)25-13-11-24(12-14-25)16-20-9-5-4-8-18(20)2/h4-10,15,19H,11-14,16H2,1-3H3,(H,23,26)/t19-/m0/s1. The van der Waals surface area contributed by atoms with E-state index in [9.17, 15) is 4.79 Å². The molecule has 1 aliphatic heterocycles. The quantitative estimate of drug-likeness (QED) is 0.896. The first-order valence-electron chi connectivity index (χ1n) is 9.41. The van der Waals surface area contributed by atoms with Crippen molar-refractivity contribution in [3.63, 3.8) is 0 Å². The van der Waals surface area contributed by atoms with E-state index >= 15 is 0 Å². The summed E-state index contributed by atoms with van der Waals surface area (Å²) in [5.74, 6) is 0.0722. The van der Waals surface area contributed by atoms with Gasteiger partial charge in [0.15, 0.2) is 0 Å². The average molecular weight is 351 g/mol. The lowest BCUT2D eigenvalue weighted by Crippen LogP contribution is -2.52. The number of nitrogens with zero attached hydrogens (tertiary/aromatic N) is 2. The molecule has 1 aliphatic rings. The SMILES string of the molecule is Cc1cccc(NC(=O)[C@H](C)N2CCN(Cc3ccccc3C)CC2)c1. The van der Waals surface area contributed by atoms with Crippen LogP contribution in [0.5, 0.6) is 0 Å². The lowest BCUT2D eigenvalue weighted by molar-refractivity contribution is -0.121. The zero-order valence-electron chi connectivity index (χ0n) is 16.0. The van der Waals surface area contributed by atoms with E-state index < -0.39 is 0 Å². The molecule has 4 heteroatoms. The molecule has 0 aliphatic carbocycles. The second kappa shape index (κ2) is 8.47. The number of carbonyl (C=O) groups excluding carboxylic acids is 1. The van der Waals surface area contributed by atoms with Crippen LogP contribution in [0.4, 0.5) is 5.69 Å². The van der Waals surface area contributed by atoms with E-state index in [1.807, 2.05) is 38.1 Å². The van der Waals surface area contributed by atoms with Crippen LogP contribution in [0.3, 0.4) is 0 Å². The lowest BCUT2D eigenvalue weighted by atomic mass is 10.1. The molecular formula is C22H29N3O. The number of hydrogen-bond donors (Lipinski definition) is 1. The highest BCUT2D eigenvalue weighted by Crippen LogP contribution is 2.15. The van der Waals surface area contributed by atoms with Gasteiger partial charge in [0, 0.05) is 38.4 Å². The van der Waals surface area contributed by atoms with Gasteiger partial charge in [-0.3, -0.25) is 14.6 Å². The molecule has 138 valence electrons. The summed E-state index contributed by atoms with van der Waals surface area (Å²) in [5, 5.41) is 3.04. The van der Waals surface area contributed by atoms with Crippen LogP contribution in [-0.2, 0) is 11.3 Å². The van der Waals surface area contributed by atoms with Crippen LogP contribution in [0.25, 0.3) is 0 Å². The minimum Gasteiger partial charge on any atom is -0.325 e. The molecule has 1 saturated heterocycles. The van der Waals surface area contributed by atoms with Gasteiger partial charge >= 0.3 is 0 Å². The number of piperazine rings is 1. The number of nitrogens with one attached hydrogen (secondary N) is 1. The van der Waals surface area contributed by atoms with Crippen molar-refractivity contribution in [1.29, 1.82) is 0 Å². The number of carbonyl (C=O) groups is 1. The molecule has 0 spiro atoms. The summed E-state index contributed by atoms with van der Waals surface area (Å²) in [6.45, 7) is 11.0. The smallest absolute Gasteiger partial charge is 0.241 e. The number of anilines is 1. The summed E-state index contributed by atoms with van der Waals surface area (Å²) in [7, 11) is 0. The van der Waals surface area contributed by atoms with Gasteiger partial charge in [0.1, 0.15) is 0 Å². The Balaban J connectivity index is 1.50. The minimum atomic E-state index is -0.115. The Bertz CT molecular complexity index is 751.